The predicted molar refractivity (Wildman–Crippen MR) is 18.3 cm³/mol. The van der Waals surface area contributed by atoms with Gasteiger partial charge in [-0.05, 0) is 0 Å². The summed E-state index contributed by atoms with van der Waals surface area (Å²) in [5.74, 6) is 7.55. The van der Waals surface area contributed by atoms with E-state index in [1.165, 1.54) is 0 Å². The molecule has 0 unspecified atom stereocenters. The maximum absolute atomic E-state index is 7.76. The number of hydrogen-bond donors (Lipinski definition) is 0. The summed E-state index contributed by atoms with van der Waals surface area (Å²) in [7, 11) is 0. The molecule has 0 aliphatic rings. The lowest BCUT2D eigenvalue weighted by molar-refractivity contribution is 0.124. The van der Waals surface area contributed by atoms with Gasteiger partial charge in [-0.15, -0.1) is 0 Å². The molecule has 0 aliphatic carbocycles. The molecule has 0 bridgehead atoms. The van der Waals surface area contributed by atoms with Crippen molar-refractivity contribution in [3.05, 3.63) is 0 Å². The minimum atomic E-state index is 0.108. The SMILES string of the molecule is [N]OCCC#N. The lowest BCUT2D eigenvalue weighted by Gasteiger charge is -1.77. The lowest BCUT2D eigenvalue weighted by atomic mass is 10.5. The van der Waals surface area contributed by atoms with Crippen LogP contribution in [0.4, 0.5) is 0 Å². The standard InChI is InChI=1S/C3H4N2O/c4-2-1-3-6-5/h1,3H2. The van der Waals surface area contributed by atoms with Crippen molar-refractivity contribution < 1.29 is 4.84 Å². The third kappa shape index (κ3) is 3.41. The normalized spacial score (nSPS) is 7.33. The Labute approximate surface area is 36.3 Å². The van der Waals surface area contributed by atoms with E-state index in [4.69, 9.17) is 11.2 Å². The fraction of sp³-hybridized carbons (Fsp3) is 0.667. The Hall–Kier alpha value is -0.590. The highest BCUT2D eigenvalue weighted by molar-refractivity contribution is 4.66. The van der Waals surface area contributed by atoms with Crippen LogP contribution in [0.15, 0.2) is 0 Å². The molecule has 0 aliphatic heterocycles. The van der Waals surface area contributed by atoms with Crippen LogP contribution in [-0.4, -0.2) is 6.61 Å². The first-order valence-electron chi connectivity index (χ1n) is 1.55. The van der Waals surface area contributed by atoms with Crippen LogP contribution in [0.1, 0.15) is 6.42 Å². The van der Waals surface area contributed by atoms with E-state index < -0.39 is 0 Å². The Kier molecular flexibility index (Phi) is 3.98. The molecule has 2 radical (unpaired) electrons. The molecule has 0 amide bonds. The van der Waals surface area contributed by atoms with E-state index in [2.05, 4.69) is 4.84 Å². The van der Waals surface area contributed by atoms with Gasteiger partial charge in [0.25, 0.3) is 0 Å². The first-order chi connectivity index (χ1) is 2.91. The molecule has 0 aromatic rings. The minimum Gasteiger partial charge on any atom is -0.263 e. The second kappa shape index (κ2) is 4.41. The summed E-state index contributed by atoms with van der Waals surface area (Å²) in [6, 6.07) is 1.78. The predicted octanol–water partition coefficient (Wildman–Crippen LogP) is -0.0996. The smallest absolute Gasteiger partial charge is 0.0849 e. The van der Waals surface area contributed by atoms with Crippen molar-refractivity contribution >= 4 is 0 Å². The third-order valence-electron chi connectivity index (χ3n) is 0.305. The molecule has 6 heavy (non-hydrogen) atoms. The highest BCUT2D eigenvalue weighted by Gasteiger charge is 1.75. The molecule has 0 N–H and O–H groups in total. The average Bonchev–Trinajstić information content (AvgIpc) is 1.61. The van der Waals surface area contributed by atoms with Crippen molar-refractivity contribution in [2.24, 2.45) is 0 Å². The maximum Gasteiger partial charge on any atom is 0.0849 e. The fourth-order valence-corrected chi connectivity index (χ4v) is 0.0913. The maximum atomic E-state index is 7.76. The molecular formula is C3H4N2O. The zero-order valence-electron chi connectivity index (χ0n) is 3.22. The van der Waals surface area contributed by atoms with Gasteiger partial charge in [0.15, 0.2) is 0 Å². The van der Waals surface area contributed by atoms with Gasteiger partial charge in [0.2, 0.25) is 0 Å². The lowest BCUT2D eigenvalue weighted by Crippen LogP contribution is -1.86. The molecule has 0 heterocycles. The van der Waals surface area contributed by atoms with Gasteiger partial charge < -0.3 is 0 Å². The van der Waals surface area contributed by atoms with Crippen LogP contribution < -0.4 is 5.90 Å². The summed E-state index contributed by atoms with van der Waals surface area (Å²) in [5.41, 5.74) is 0. The van der Waals surface area contributed by atoms with Gasteiger partial charge in [0, 0.05) is 5.90 Å². The first-order valence-corrected chi connectivity index (χ1v) is 1.55. The van der Waals surface area contributed by atoms with Crippen molar-refractivity contribution in [3.8, 4) is 6.07 Å². The second-order valence-electron chi connectivity index (χ2n) is 0.741. The van der Waals surface area contributed by atoms with Gasteiger partial charge in [0.05, 0.1) is 19.1 Å². The van der Waals surface area contributed by atoms with Gasteiger partial charge in [-0.3, -0.25) is 4.84 Å². The first kappa shape index (κ1) is 5.41. The van der Waals surface area contributed by atoms with Crippen LogP contribution in [0.25, 0.3) is 0 Å². The molecule has 0 aromatic heterocycles. The topological polar surface area (TPSA) is 55.3 Å². The van der Waals surface area contributed by atoms with Crippen LogP contribution in [-0.2, 0) is 4.84 Å². The number of nitriles is 1. The van der Waals surface area contributed by atoms with Crippen molar-refractivity contribution in [2.75, 3.05) is 6.61 Å². The summed E-state index contributed by atoms with van der Waals surface area (Å²) in [6.07, 6.45) is 0.247. The monoisotopic (exact) mass is 84.0 g/mol. The number of hydrogen-bond acceptors (Lipinski definition) is 2. The summed E-state index contributed by atoms with van der Waals surface area (Å²) >= 11 is 0. The van der Waals surface area contributed by atoms with Crippen LogP contribution in [0.3, 0.4) is 0 Å². The molecular weight excluding hydrogens is 80.0 g/mol. The fourth-order valence-electron chi connectivity index (χ4n) is 0.0913. The van der Waals surface area contributed by atoms with Gasteiger partial charge in [0.1, 0.15) is 0 Å². The number of nitrogens with zero attached hydrogens (tertiary/aromatic N) is 2. The zero-order valence-corrected chi connectivity index (χ0v) is 3.22. The van der Waals surface area contributed by atoms with Crippen LogP contribution in [0.5, 0.6) is 0 Å². The quantitative estimate of drug-likeness (QED) is 0.346. The van der Waals surface area contributed by atoms with Gasteiger partial charge in [-0.1, -0.05) is 0 Å². The largest absolute Gasteiger partial charge is 0.263 e. The van der Waals surface area contributed by atoms with Gasteiger partial charge in [-0.25, -0.2) is 0 Å². The average molecular weight is 84.1 g/mol. The Bertz CT molecular complexity index is 56.3. The molecule has 0 fully saturated rings. The van der Waals surface area contributed by atoms with E-state index in [-0.39, 0.29) is 13.0 Å². The van der Waals surface area contributed by atoms with Crippen LogP contribution >= 0.6 is 0 Å². The Morgan fingerprint density at radius 2 is 2.33 bits per heavy atom. The van der Waals surface area contributed by atoms with Crippen LogP contribution in [0.2, 0.25) is 0 Å². The Morgan fingerprint density at radius 3 is 2.50 bits per heavy atom. The summed E-state index contributed by atoms with van der Waals surface area (Å²) in [5, 5.41) is 7.76. The summed E-state index contributed by atoms with van der Waals surface area (Å²) in [6.45, 7) is 0.108. The molecule has 3 heteroatoms. The van der Waals surface area contributed by atoms with Crippen molar-refractivity contribution in [1.82, 2.24) is 5.90 Å². The molecule has 0 rings (SSSR count). The molecule has 0 atom stereocenters. The molecule has 0 saturated carbocycles. The zero-order chi connectivity index (χ0) is 4.83. The summed E-state index contributed by atoms with van der Waals surface area (Å²) in [4.78, 5) is 3.56. The van der Waals surface area contributed by atoms with Crippen molar-refractivity contribution in [1.29, 1.82) is 5.26 Å². The van der Waals surface area contributed by atoms with Crippen molar-refractivity contribution in [2.45, 2.75) is 6.42 Å². The molecule has 0 aromatic carbocycles. The van der Waals surface area contributed by atoms with Crippen LogP contribution in [0, 0.1) is 11.3 Å². The Balaban J connectivity index is 2.54. The van der Waals surface area contributed by atoms with E-state index >= 15 is 0 Å². The Morgan fingerprint density at radius 1 is 1.67 bits per heavy atom. The molecule has 0 spiro atoms. The molecule has 32 valence electrons. The van der Waals surface area contributed by atoms with Gasteiger partial charge >= 0.3 is 0 Å². The highest BCUT2D eigenvalue weighted by Crippen LogP contribution is 1.70. The third-order valence-corrected chi connectivity index (χ3v) is 0.305. The van der Waals surface area contributed by atoms with E-state index in [0.29, 0.717) is 0 Å². The van der Waals surface area contributed by atoms with E-state index in [9.17, 15) is 0 Å². The van der Waals surface area contributed by atoms with E-state index in [1.54, 1.807) is 6.07 Å². The second-order valence-corrected chi connectivity index (χ2v) is 0.741. The van der Waals surface area contributed by atoms with Gasteiger partial charge in [-0.2, -0.15) is 5.26 Å². The molecule has 0 saturated heterocycles. The minimum absolute atomic E-state index is 0.108. The van der Waals surface area contributed by atoms with E-state index in [0.717, 1.165) is 0 Å². The summed E-state index contributed by atoms with van der Waals surface area (Å²) < 4.78 is 0. The van der Waals surface area contributed by atoms with E-state index in [1.807, 2.05) is 0 Å². The highest BCUT2D eigenvalue weighted by atomic mass is 16.6. The van der Waals surface area contributed by atoms with Crippen molar-refractivity contribution in [3.63, 3.8) is 0 Å². The molecule has 3 nitrogen and oxygen atoms in total. The number of rotatable bonds is 2.